The molecular weight excluding hydrogens is 276 g/mol. The van der Waals surface area contributed by atoms with E-state index in [1.807, 2.05) is 24.3 Å². The summed E-state index contributed by atoms with van der Waals surface area (Å²) in [7, 11) is 0. The van der Waals surface area contributed by atoms with Gasteiger partial charge in [-0.1, -0.05) is 25.8 Å². The largest absolute Gasteiger partial charge is 0.481 e. The topological polar surface area (TPSA) is 79.1 Å². The van der Waals surface area contributed by atoms with Crippen LogP contribution in [0.4, 0.5) is 0 Å². The first kappa shape index (κ1) is 16.5. The Hall–Kier alpha value is -1.52. The van der Waals surface area contributed by atoms with Gasteiger partial charge in [0.1, 0.15) is 0 Å². The molecule has 0 saturated heterocycles. The van der Waals surface area contributed by atoms with Crippen LogP contribution in [0.5, 0.6) is 0 Å². The minimum absolute atomic E-state index is 0. The van der Waals surface area contributed by atoms with E-state index < -0.39 is 11.9 Å². The predicted octanol–water partition coefficient (Wildman–Crippen LogP) is 3.41. The number of aromatic amines is 1. The van der Waals surface area contributed by atoms with Crippen LogP contribution in [-0.4, -0.2) is 16.1 Å². The van der Waals surface area contributed by atoms with E-state index in [2.05, 4.69) is 11.9 Å². The third-order valence-corrected chi connectivity index (χ3v) is 3.47. The number of fused-ring (bicyclic) bond motifs is 1. The van der Waals surface area contributed by atoms with Crippen molar-refractivity contribution in [1.82, 2.24) is 4.98 Å². The number of aliphatic carboxylic acids is 1. The van der Waals surface area contributed by atoms with Crippen molar-refractivity contribution in [3.05, 3.63) is 35.5 Å². The highest BCUT2D eigenvalue weighted by Crippen LogP contribution is 2.26. The number of carbonyl (C=O) groups is 1. The Morgan fingerprint density at radius 1 is 1.40 bits per heavy atom. The van der Waals surface area contributed by atoms with Crippen LogP contribution in [0.3, 0.4) is 0 Å². The molecule has 0 aliphatic carbocycles. The number of hydrogen-bond donors (Lipinski definition) is 3. The number of nitrogens with one attached hydrogen (secondary N) is 1. The molecule has 0 fully saturated rings. The maximum absolute atomic E-state index is 11.4. The summed E-state index contributed by atoms with van der Waals surface area (Å²) in [6.45, 7) is 2.53. The van der Waals surface area contributed by atoms with E-state index in [0.29, 0.717) is 13.0 Å². The first-order valence-electron chi connectivity index (χ1n) is 6.70. The summed E-state index contributed by atoms with van der Waals surface area (Å²) in [6, 6.07) is 7.77. The van der Waals surface area contributed by atoms with E-state index in [0.717, 1.165) is 35.0 Å². The number of aromatic nitrogens is 1. The van der Waals surface area contributed by atoms with Gasteiger partial charge in [-0.15, -0.1) is 12.4 Å². The van der Waals surface area contributed by atoms with Crippen LogP contribution in [-0.2, 0) is 11.3 Å². The van der Waals surface area contributed by atoms with E-state index in [-0.39, 0.29) is 12.4 Å². The summed E-state index contributed by atoms with van der Waals surface area (Å²) < 4.78 is 0. The number of benzene rings is 1. The monoisotopic (exact) mass is 296 g/mol. The molecule has 1 unspecified atom stereocenters. The lowest BCUT2D eigenvalue weighted by Gasteiger charge is -2.12. The molecular formula is C15H21ClN2O2. The summed E-state index contributed by atoms with van der Waals surface area (Å²) >= 11 is 0. The normalized spacial score (nSPS) is 12.1. The van der Waals surface area contributed by atoms with E-state index in [9.17, 15) is 9.90 Å². The van der Waals surface area contributed by atoms with Crippen LogP contribution >= 0.6 is 12.4 Å². The van der Waals surface area contributed by atoms with Gasteiger partial charge in [0, 0.05) is 17.8 Å². The fourth-order valence-corrected chi connectivity index (χ4v) is 2.38. The molecule has 1 aromatic heterocycles. The van der Waals surface area contributed by atoms with E-state index >= 15 is 0 Å². The molecule has 0 radical (unpaired) electrons. The highest BCUT2D eigenvalue weighted by Gasteiger charge is 2.19. The molecule has 5 heteroatoms. The van der Waals surface area contributed by atoms with Gasteiger partial charge in [0.25, 0.3) is 0 Å². The molecule has 0 aliphatic heterocycles. The number of carboxylic acids is 1. The number of halogens is 1. The van der Waals surface area contributed by atoms with Crippen LogP contribution in [0, 0.1) is 0 Å². The molecule has 2 rings (SSSR count). The minimum Gasteiger partial charge on any atom is -0.481 e. The molecule has 0 bridgehead atoms. The van der Waals surface area contributed by atoms with Gasteiger partial charge in [-0.05, 0) is 35.6 Å². The van der Waals surface area contributed by atoms with Crippen molar-refractivity contribution < 1.29 is 9.90 Å². The molecule has 4 N–H and O–H groups in total. The zero-order chi connectivity index (χ0) is 13.8. The third-order valence-electron chi connectivity index (χ3n) is 3.47. The highest BCUT2D eigenvalue weighted by molar-refractivity contribution is 5.85. The SMILES string of the molecule is CCCCC(C(=O)O)c1ccc2[nH]c(CN)cc2c1.Cl. The zero-order valence-electron chi connectivity index (χ0n) is 11.6. The number of carboxylic acid groups (broad SMARTS) is 1. The van der Waals surface area contributed by atoms with Gasteiger partial charge in [-0.3, -0.25) is 4.79 Å². The van der Waals surface area contributed by atoms with Gasteiger partial charge < -0.3 is 15.8 Å². The lowest BCUT2D eigenvalue weighted by atomic mass is 9.93. The van der Waals surface area contributed by atoms with E-state index in [1.54, 1.807) is 0 Å². The maximum atomic E-state index is 11.4. The molecule has 0 saturated carbocycles. The predicted molar refractivity (Wildman–Crippen MR) is 83.3 cm³/mol. The summed E-state index contributed by atoms with van der Waals surface area (Å²) in [5.41, 5.74) is 8.44. The van der Waals surface area contributed by atoms with Gasteiger partial charge in [0.2, 0.25) is 0 Å². The van der Waals surface area contributed by atoms with Crippen molar-refractivity contribution in [3.8, 4) is 0 Å². The first-order chi connectivity index (χ1) is 9.15. The van der Waals surface area contributed by atoms with Crippen LogP contribution in [0.1, 0.15) is 43.4 Å². The fraction of sp³-hybridized carbons (Fsp3) is 0.400. The average Bonchev–Trinajstić information content (AvgIpc) is 2.81. The number of hydrogen-bond acceptors (Lipinski definition) is 2. The molecule has 1 atom stereocenters. The molecule has 1 heterocycles. The van der Waals surface area contributed by atoms with Gasteiger partial charge in [-0.2, -0.15) is 0 Å². The lowest BCUT2D eigenvalue weighted by Crippen LogP contribution is -2.11. The maximum Gasteiger partial charge on any atom is 0.310 e. The molecule has 0 aliphatic rings. The van der Waals surface area contributed by atoms with Crippen LogP contribution in [0.2, 0.25) is 0 Å². The third kappa shape index (κ3) is 3.52. The lowest BCUT2D eigenvalue weighted by molar-refractivity contribution is -0.139. The summed E-state index contributed by atoms with van der Waals surface area (Å²) in [4.78, 5) is 14.6. The standard InChI is InChI=1S/C15H20N2O2.ClH/c1-2-3-4-13(15(18)19)10-5-6-14-11(7-10)8-12(9-16)17-14;/h5-8,13,17H,2-4,9,16H2,1H3,(H,18,19);1H. The van der Waals surface area contributed by atoms with Gasteiger partial charge in [0.15, 0.2) is 0 Å². The summed E-state index contributed by atoms with van der Waals surface area (Å²) in [5, 5.41) is 10.4. The molecule has 0 spiro atoms. The molecule has 2 aromatic rings. The Morgan fingerprint density at radius 2 is 2.15 bits per heavy atom. The first-order valence-corrected chi connectivity index (χ1v) is 6.70. The summed E-state index contributed by atoms with van der Waals surface area (Å²) in [6.07, 6.45) is 2.62. The average molecular weight is 297 g/mol. The summed E-state index contributed by atoms with van der Waals surface area (Å²) in [5.74, 6) is -1.16. The second-order valence-corrected chi connectivity index (χ2v) is 4.88. The number of rotatable bonds is 6. The molecule has 0 amide bonds. The highest BCUT2D eigenvalue weighted by atomic mass is 35.5. The molecule has 110 valence electrons. The quantitative estimate of drug-likeness (QED) is 0.764. The number of nitrogens with two attached hydrogens (primary N) is 1. The van der Waals surface area contributed by atoms with Crippen molar-refractivity contribution in [3.63, 3.8) is 0 Å². The number of unbranched alkanes of at least 4 members (excludes halogenated alkanes) is 1. The molecule has 20 heavy (non-hydrogen) atoms. The van der Waals surface area contributed by atoms with Crippen molar-refractivity contribution in [2.24, 2.45) is 5.73 Å². The van der Waals surface area contributed by atoms with Crippen LogP contribution < -0.4 is 5.73 Å². The Labute approximate surface area is 124 Å². The van der Waals surface area contributed by atoms with Crippen molar-refractivity contribution in [1.29, 1.82) is 0 Å². The molecule has 1 aromatic carbocycles. The van der Waals surface area contributed by atoms with Crippen LogP contribution in [0.15, 0.2) is 24.3 Å². The molecule has 4 nitrogen and oxygen atoms in total. The fourth-order valence-electron chi connectivity index (χ4n) is 2.38. The van der Waals surface area contributed by atoms with Gasteiger partial charge >= 0.3 is 5.97 Å². The second-order valence-electron chi connectivity index (χ2n) is 4.88. The Bertz CT molecular complexity index is 580. The number of H-pyrrole nitrogens is 1. The minimum atomic E-state index is -0.748. The van der Waals surface area contributed by atoms with E-state index in [1.165, 1.54) is 0 Å². The Morgan fingerprint density at radius 3 is 2.75 bits per heavy atom. The van der Waals surface area contributed by atoms with Gasteiger partial charge in [-0.25, -0.2) is 0 Å². The van der Waals surface area contributed by atoms with Crippen molar-refractivity contribution in [2.45, 2.75) is 38.6 Å². The Kier molecular flexibility index (Phi) is 6.05. The van der Waals surface area contributed by atoms with Crippen molar-refractivity contribution >= 4 is 29.3 Å². The smallest absolute Gasteiger partial charge is 0.310 e. The Balaban J connectivity index is 0.00000200. The zero-order valence-corrected chi connectivity index (χ0v) is 12.4. The van der Waals surface area contributed by atoms with E-state index in [4.69, 9.17) is 5.73 Å². The second kappa shape index (κ2) is 7.31. The van der Waals surface area contributed by atoms with Crippen molar-refractivity contribution in [2.75, 3.05) is 0 Å². The van der Waals surface area contributed by atoms with Gasteiger partial charge in [0.05, 0.1) is 5.92 Å². The van der Waals surface area contributed by atoms with Crippen LogP contribution in [0.25, 0.3) is 10.9 Å².